The van der Waals surface area contributed by atoms with Crippen molar-refractivity contribution in [3.8, 4) is 5.75 Å². The number of thiophene rings is 1. The first-order valence-corrected chi connectivity index (χ1v) is 15.0. The van der Waals surface area contributed by atoms with Crippen LogP contribution in [0.1, 0.15) is 24.8 Å². The minimum atomic E-state index is -4.29. The van der Waals surface area contributed by atoms with Gasteiger partial charge >= 0.3 is 16.1 Å². The number of benzene rings is 1. The average Bonchev–Trinajstić information content (AvgIpc) is 3.44. The van der Waals surface area contributed by atoms with Crippen LogP contribution in [0.15, 0.2) is 50.5 Å². The van der Waals surface area contributed by atoms with E-state index in [9.17, 15) is 22.9 Å². The fraction of sp³-hybridized carbons (Fsp3) is 0.304. The second-order valence-corrected chi connectivity index (χ2v) is 12.8. The van der Waals surface area contributed by atoms with Crippen LogP contribution in [0.3, 0.4) is 0 Å². The molecule has 2 aliphatic heterocycles. The van der Waals surface area contributed by atoms with Gasteiger partial charge in [0.05, 0.1) is 30.4 Å². The zero-order valence-electron chi connectivity index (χ0n) is 19.0. The molecular weight excluding hydrogens is 529 g/mol. The van der Waals surface area contributed by atoms with Crippen LogP contribution >= 0.6 is 34.4 Å². The van der Waals surface area contributed by atoms with Gasteiger partial charge in [0.15, 0.2) is 10.7 Å². The highest BCUT2D eigenvalue weighted by Crippen LogP contribution is 2.58. The lowest BCUT2D eigenvalue weighted by Gasteiger charge is -2.47. The number of carboxylic acid groups (broad SMARTS) is 1. The summed E-state index contributed by atoms with van der Waals surface area (Å²) in [6.07, 6.45) is 5.00. The minimum absolute atomic E-state index is 0.0433. The maximum Gasteiger partial charge on any atom is 0.370 e. The molecule has 2 aromatic heterocycles. The topological polar surface area (TPSA) is 105 Å². The lowest BCUT2D eigenvalue weighted by molar-refractivity contribution is -0.657. The zero-order valence-corrected chi connectivity index (χ0v) is 22.3. The smallest absolute Gasteiger partial charge is 0.370 e. The van der Waals surface area contributed by atoms with Crippen LogP contribution in [0.4, 0.5) is 5.69 Å². The van der Waals surface area contributed by atoms with Crippen molar-refractivity contribution in [1.29, 1.82) is 0 Å². The molecule has 1 fully saturated rings. The van der Waals surface area contributed by atoms with Crippen LogP contribution in [0, 0.1) is 0 Å². The number of carbonyl (C=O) groups is 1. The molecule has 184 valence electrons. The largest absolute Gasteiger partial charge is 0.497 e. The number of rotatable bonds is 7. The predicted molar refractivity (Wildman–Crippen MR) is 139 cm³/mol. The molecule has 1 saturated heterocycles. The van der Waals surface area contributed by atoms with Crippen molar-refractivity contribution in [2.24, 2.45) is 0 Å². The monoisotopic (exact) mass is 552 g/mol. The van der Waals surface area contributed by atoms with Gasteiger partial charge in [0.1, 0.15) is 10.4 Å². The van der Waals surface area contributed by atoms with Gasteiger partial charge in [0.2, 0.25) is 17.4 Å². The quantitative estimate of drug-likeness (QED) is 0.249. The third kappa shape index (κ3) is 4.11. The number of aromatic nitrogens is 1. The standard InChI is InChI=1S/C23H22N2O6S4/c1-3-14(8-20-24(11-23(26)27)16-12-32-13-19(16)33-20)9-21-25(7-6-22(25)35(28,29)30)17-10-15(31-2)4-5-18(17)34-21/h4-5,8-10,12-13,22H,3,6-7,11H2,1-2H3/p+2. The van der Waals surface area contributed by atoms with Crippen molar-refractivity contribution in [2.75, 3.05) is 13.7 Å². The number of allylic oxidation sites excluding steroid dienone is 2. The molecule has 8 nitrogen and oxygen atoms in total. The molecule has 2 N–H and O–H groups in total. The average molecular weight is 553 g/mol. The Morgan fingerprint density at radius 2 is 2.14 bits per heavy atom. The molecule has 3 aromatic rings. The van der Waals surface area contributed by atoms with Gasteiger partial charge in [-0.15, -0.1) is 11.3 Å². The fourth-order valence-corrected chi connectivity index (χ4v) is 9.43. The Morgan fingerprint density at radius 3 is 2.77 bits per heavy atom. The van der Waals surface area contributed by atoms with E-state index in [-0.39, 0.29) is 11.0 Å². The van der Waals surface area contributed by atoms with Crippen LogP contribution in [0.25, 0.3) is 16.3 Å². The van der Waals surface area contributed by atoms with Gasteiger partial charge in [-0.1, -0.05) is 18.3 Å². The molecule has 0 bridgehead atoms. The highest BCUT2D eigenvalue weighted by atomic mass is 32.2. The minimum Gasteiger partial charge on any atom is -0.497 e. The SMILES string of the molecule is CCC(=Cc1sc2cscc2[n+]1CC(=O)O)C=C1Sc2ccc(OC)cc2[N+]12CCC2S(=O)(=O)O. The first-order valence-electron chi connectivity index (χ1n) is 10.9. The number of aliphatic carboxylic acids is 1. The molecule has 0 saturated carbocycles. The Hall–Kier alpha value is -2.22. The van der Waals surface area contributed by atoms with Crippen LogP contribution in [-0.4, -0.2) is 43.1 Å². The van der Waals surface area contributed by atoms with Crippen molar-refractivity contribution >= 4 is 72.5 Å². The van der Waals surface area contributed by atoms with Crippen molar-refractivity contribution in [3.05, 3.63) is 50.6 Å². The van der Waals surface area contributed by atoms with E-state index >= 15 is 0 Å². The van der Waals surface area contributed by atoms with E-state index < -0.39 is 21.5 Å². The summed E-state index contributed by atoms with van der Waals surface area (Å²) in [5.74, 6) is -0.285. The number of hydrogen-bond donors (Lipinski definition) is 2. The maximum atomic E-state index is 12.3. The molecule has 0 aliphatic carbocycles. The highest BCUT2D eigenvalue weighted by Gasteiger charge is 2.62. The number of fused-ring (bicyclic) bond motifs is 3. The lowest BCUT2D eigenvalue weighted by atomic mass is 10.1. The second kappa shape index (κ2) is 9.02. The number of thiazole rings is 1. The van der Waals surface area contributed by atoms with E-state index in [1.807, 2.05) is 48.0 Å². The van der Waals surface area contributed by atoms with Gasteiger partial charge in [-0.2, -0.15) is 13.0 Å². The third-order valence-corrected chi connectivity index (χ3v) is 10.9. The van der Waals surface area contributed by atoms with E-state index in [1.165, 1.54) is 34.4 Å². The summed E-state index contributed by atoms with van der Waals surface area (Å²) in [5, 5.41) is 14.1. The molecular formula is C23H24N2O6S4+2. The van der Waals surface area contributed by atoms with Gasteiger partial charge in [0, 0.05) is 23.6 Å². The highest BCUT2D eigenvalue weighted by molar-refractivity contribution is 8.03. The molecule has 12 heteroatoms. The van der Waals surface area contributed by atoms with Crippen molar-refractivity contribution in [1.82, 2.24) is 4.48 Å². The number of quaternary nitrogens is 1. The van der Waals surface area contributed by atoms with Crippen LogP contribution in [-0.2, 0) is 21.5 Å². The van der Waals surface area contributed by atoms with Gasteiger partial charge in [0.25, 0.3) is 5.01 Å². The van der Waals surface area contributed by atoms with Crippen LogP contribution in [0.5, 0.6) is 5.75 Å². The maximum absolute atomic E-state index is 12.3. The number of hydrogen-bond acceptors (Lipinski definition) is 7. The van der Waals surface area contributed by atoms with Crippen molar-refractivity contribution in [2.45, 2.75) is 36.6 Å². The number of carboxylic acids is 1. The Kier molecular flexibility index (Phi) is 6.31. The van der Waals surface area contributed by atoms with E-state index in [4.69, 9.17) is 4.74 Å². The van der Waals surface area contributed by atoms with Crippen LogP contribution in [0.2, 0.25) is 0 Å². The Balaban J connectivity index is 1.63. The summed E-state index contributed by atoms with van der Waals surface area (Å²) in [6, 6.07) is 5.61. The molecule has 2 aliphatic rings. The Morgan fingerprint density at radius 1 is 1.34 bits per heavy atom. The van der Waals surface area contributed by atoms with Crippen molar-refractivity contribution < 1.29 is 32.2 Å². The Labute approximate surface area is 215 Å². The second-order valence-electron chi connectivity index (χ2n) is 8.38. The normalized spacial score (nSPS) is 23.1. The fourth-order valence-electron chi connectivity index (χ4n) is 4.68. The molecule has 5 rings (SSSR count). The van der Waals surface area contributed by atoms with E-state index in [0.29, 0.717) is 25.1 Å². The van der Waals surface area contributed by atoms with Gasteiger partial charge in [-0.25, -0.2) is 9.28 Å². The third-order valence-electron chi connectivity index (χ3n) is 6.47. The van der Waals surface area contributed by atoms with E-state index in [1.54, 1.807) is 11.7 Å². The van der Waals surface area contributed by atoms with E-state index in [2.05, 4.69) is 0 Å². The number of nitrogens with zero attached hydrogens (tertiary/aromatic N) is 2. The van der Waals surface area contributed by atoms with Crippen molar-refractivity contribution in [3.63, 3.8) is 0 Å². The number of methoxy groups -OCH3 is 1. The summed E-state index contributed by atoms with van der Waals surface area (Å²) in [5.41, 5.74) is 2.64. The molecule has 1 spiro atoms. The summed E-state index contributed by atoms with van der Waals surface area (Å²) >= 11 is 4.57. The number of ether oxygens (including phenoxy) is 1. The molecule has 1 aromatic carbocycles. The van der Waals surface area contributed by atoms with Crippen LogP contribution < -0.4 is 13.8 Å². The van der Waals surface area contributed by atoms with Gasteiger partial charge in [-0.3, -0.25) is 4.55 Å². The van der Waals surface area contributed by atoms with Gasteiger partial charge < -0.3 is 9.84 Å². The number of thioether (sulfide) groups is 1. The molecule has 35 heavy (non-hydrogen) atoms. The van der Waals surface area contributed by atoms with Gasteiger partial charge in [-0.05, 0) is 35.9 Å². The summed E-state index contributed by atoms with van der Waals surface area (Å²) in [4.78, 5) is 12.4. The first-order chi connectivity index (χ1) is 16.7. The lowest BCUT2D eigenvalue weighted by Crippen LogP contribution is -2.66. The zero-order chi connectivity index (χ0) is 25.0. The Bertz CT molecular complexity index is 1500. The molecule has 0 amide bonds. The molecule has 2 atom stereocenters. The summed E-state index contributed by atoms with van der Waals surface area (Å²) < 4.78 is 43.0. The summed E-state index contributed by atoms with van der Waals surface area (Å²) in [7, 11) is -2.73. The predicted octanol–water partition coefficient (Wildman–Crippen LogP) is 4.71. The molecule has 4 heterocycles. The molecule has 0 radical (unpaired) electrons. The molecule has 2 unspecified atom stereocenters. The van der Waals surface area contributed by atoms with E-state index in [0.717, 1.165) is 36.4 Å². The first kappa shape index (κ1) is 24.5. The summed E-state index contributed by atoms with van der Waals surface area (Å²) in [6.45, 7) is 2.42.